The number of thioether (sulfide) groups is 1. The van der Waals surface area contributed by atoms with E-state index in [2.05, 4.69) is 27.6 Å². The van der Waals surface area contributed by atoms with Gasteiger partial charge < -0.3 is 9.88 Å². The number of nitrogens with zero attached hydrogens (tertiary/aromatic N) is 3. The van der Waals surface area contributed by atoms with E-state index >= 15 is 0 Å². The van der Waals surface area contributed by atoms with Gasteiger partial charge >= 0.3 is 0 Å². The third kappa shape index (κ3) is 4.86. The predicted molar refractivity (Wildman–Crippen MR) is 104 cm³/mol. The maximum absolute atomic E-state index is 12.1. The third-order valence-corrected chi connectivity index (χ3v) is 5.19. The average molecular weight is 387 g/mol. The standard InChI is InChI=1S/C19H19ClN4OS/c1-14-22-23-19(24(14)12-15-7-3-2-4-8-15)26-13-18(25)21-11-16-9-5-6-10-17(16)20/h2-10H,11-13H2,1H3,(H,21,25). The van der Waals surface area contributed by atoms with Gasteiger partial charge in [-0.05, 0) is 24.1 Å². The second-order valence-corrected chi connectivity index (χ2v) is 7.11. The summed E-state index contributed by atoms with van der Waals surface area (Å²) in [5.41, 5.74) is 2.07. The molecular formula is C19H19ClN4OS. The van der Waals surface area contributed by atoms with E-state index in [9.17, 15) is 4.79 Å². The molecule has 1 amide bonds. The van der Waals surface area contributed by atoms with Gasteiger partial charge in [-0.15, -0.1) is 10.2 Å². The molecule has 0 fully saturated rings. The quantitative estimate of drug-likeness (QED) is 0.629. The Bertz CT molecular complexity index is 882. The van der Waals surface area contributed by atoms with Crippen LogP contribution in [0.15, 0.2) is 59.8 Å². The van der Waals surface area contributed by atoms with Crippen LogP contribution in [0.5, 0.6) is 0 Å². The molecule has 26 heavy (non-hydrogen) atoms. The van der Waals surface area contributed by atoms with Crippen LogP contribution in [0.4, 0.5) is 0 Å². The van der Waals surface area contributed by atoms with Gasteiger partial charge in [0.05, 0.1) is 12.3 Å². The lowest BCUT2D eigenvalue weighted by Crippen LogP contribution is -2.24. The number of hydrogen-bond donors (Lipinski definition) is 1. The molecule has 3 rings (SSSR count). The Labute approximate surface area is 161 Å². The van der Waals surface area contributed by atoms with Crippen molar-refractivity contribution in [3.63, 3.8) is 0 Å². The number of aromatic nitrogens is 3. The third-order valence-electron chi connectivity index (χ3n) is 3.85. The fourth-order valence-corrected chi connectivity index (χ4v) is 3.45. The van der Waals surface area contributed by atoms with Crippen LogP contribution in [-0.2, 0) is 17.9 Å². The van der Waals surface area contributed by atoms with Crippen molar-refractivity contribution in [2.45, 2.75) is 25.2 Å². The summed E-state index contributed by atoms with van der Waals surface area (Å²) in [6, 6.07) is 17.6. The minimum atomic E-state index is -0.0677. The number of aryl methyl sites for hydroxylation is 1. The number of halogens is 1. The normalized spacial score (nSPS) is 10.7. The first-order valence-corrected chi connectivity index (χ1v) is 9.56. The van der Waals surface area contributed by atoms with E-state index in [1.165, 1.54) is 17.3 Å². The summed E-state index contributed by atoms with van der Waals surface area (Å²) in [5, 5.41) is 12.6. The lowest BCUT2D eigenvalue weighted by molar-refractivity contribution is -0.118. The largest absolute Gasteiger partial charge is 0.351 e. The van der Waals surface area contributed by atoms with Crippen LogP contribution in [0.25, 0.3) is 0 Å². The number of rotatable bonds is 7. The molecule has 0 saturated heterocycles. The lowest BCUT2D eigenvalue weighted by Gasteiger charge is -2.09. The van der Waals surface area contributed by atoms with Crippen molar-refractivity contribution in [2.75, 3.05) is 5.75 Å². The van der Waals surface area contributed by atoms with E-state index in [0.29, 0.717) is 18.1 Å². The van der Waals surface area contributed by atoms with Crippen LogP contribution in [0.1, 0.15) is 17.0 Å². The van der Waals surface area contributed by atoms with Gasteiger partial charge in [-0.3, -0.25) is 4.79 Å². The first-order chi connectivity index (χ1) is 12.6. The van der Waals surface area contributed by atoms with Gasteiger partial charge in [0.2, 0.25) is 5.91 Å². The summed E-state index contributed by atoms with van der Waals surface area (Å²) < 4.78 is 2.02. The molecule has 0 aliphatic heterocycles. The minimum Gasteiger partial charge on any atom is -0.351 e. The molecule has 0 radical (unpaired) electrons. The molecule has 5 nitrogen and oxygen atoms in total. The number of hydrogen-bond acceptors (Lipinski definition) is 4. The molecule has 0 aliphatic carbocycles. The smallest absolute Gasteiger partial charge is 0.230 e. The summed E-state index contributed by atoms with van der Waals surface area (Å²) in [6.45, 7) is 3.01. The van der Waals surface area contributed by atoms with Gasteiger partial charge in [0, 0.05) is 11.6 Å². The molecule has 2 aromatic carbocycles. The number of carbonyl (C=O) groups excluding carboxylic acids is 1. The fourth-order valence-electron chi connectivity index (χ4n) is 2.43. The van der Waals surface area contributed by atoms with Crippen LogP contribution in [0.3, 0.4) is 0 Å². The Morgan fingerprint density at radius 3 is 2.62 bits per heavy atom. The SMILES string of the molecule is Cc1nnc(SCC(=O)NCc2ccccc2Cl)n1Cc1ccccc1. The highest BCUT2D eigenvalue weighted by molar-refractivity contribution is 7.99. The zero-order valence-electron chi connectivity index (χ0n) is 14.4. The Hall–Kier alpha value is -2.31. The van der Waals surface area contributed by atoms with Crippen LogP contribution < -0.4 is 5.32 Å². The van der Waals surface area contributed by atoms with Gasteiger partial charge in [-0.1, -0.05) is 71.9 Å². The first-order valence-electron chi connectivity index (χ1n) is 8.20. The van der Waals surface area contributed by atoms with Crippen molar-refractivity contribution in [1.82, 2.24) is 20.1 Å². The van der Waals surface area contributed by atoms with Gasteiger partial charge in [0.15, 0.2) is 5.16 Å². The number of amides is 1. The Kier molecular flexibility index (Phi) is 6.30. The molecule has 3 aromatic rings. The Morgan fingerprint density at radius 1 is 1.12 bits per heavy atom. The van der Waals surface area contributed by atoms with Gasteiger partial charge in [-0.25, -0.2) is 0 Å². The Morgan fingerprint density at radius 2 is 1.85 bits per heavy atom. The maximum Gasteiger partial charge on any atom is 0.230 e. The Balaban J connectivity index is 1.56. The van der Waals surface area contributed by atoms with Crippen LogP contribution in [0.2, 0.25) is 5.02 Å². The molecule has 0 atom stereocenters. The van der Waals surface area contributed by atoms with E-state index in [1.54, 1.807) is 0 Å². The highest BCUT2D eigenvalue weighted by atomic mass is 35.5. The molecule has 0 unspecified atom stereocenters. The van der Waals surface area contributed by atoms with Crippen molar-refractivity contribution in [3.05, 3.63) is 76.6 Å². The number of nitrogens with one attached hydrogen (secondary N) is 1. The molecule has 1 N–H and O–H groups in total. The second-order valence-electron chi connectivity index (χ2n) is 5.76. The zero-order valence-corrected chi connectivity index (χ0v) is 15.9. The minimum absolute atomic E-state index is 0.0677. The zero-order chi connectivity index (χ0) is 18.4. The van der Waals surface area contributed by atoms with Crippen molar-refractivity contribution in [1.29, 1.82) is 0 Å². The molecule has 0 aliphatic rings. The number of benzene rings is 2. The van der Waals surface area contributed by atoms with Crippen LogP contribution in [0, 0.1) is 6.92 Å². The molecule has 1 heterocycles. The summed E-state index contributed by atoms with van der Waals surface area (Å²) >= 11 is 7.48. The van der Waals surface area contributed by atoms with Crippen molar-refractivity contribution >= 4 is 29.3 Å². The van der Waals surface area contributed by atoms with E-state index in [1.807, 2.05) is 54.0 Å². The summed E-state index contributed by atoms with van der Waals surface area (Å²) in [6.07, 6.45) is 0. The highest BCUT2D eigenvalue weighted by Gasteiger charge is 2.12. The molecule has 0 spiro atoms. The average Bonchev–Trinajstić information content (AvgIpc) is 3.00. The molecule has 7 heteroatoms. The lowest BCUT2D eigenvalue weighted by atomic mass is 10.2. The van der Waals surface area contributed by atoms with Gasteiger partial charge in [0.1, 0.15) is 5.82 Å². The van der Waals surface area contributed by atoms with Crippen molar-refractivity contribution < 1.29 is 4.79 Å². The number of carbonyl (C=O) groups is 1. The van der Waals surface area contributed by atoms with E-state index in [4.69, 9.17) is 11.6 Å². The van der Waals surface area contributed by atoms with Crippen LogP contribution >= 0.6 is 23.4 Å². The maximum atomic E-state index is 12.1. The summed E-state index contributed by atoms with van der Waals surface area (Å²) in [4.78, 5) is 12.1. The van der Waals surface area contributed by atoms with E-state index in [-0.39, 0.29) is 11.7 Å². The first kappa shape index (κ1) is 18.5. The molecule has 1 aromatic heterocycles. The van der Waals surface area contributed by atoms with Crippen molar-refractivity contribution in [3.8, 4) is 0 Å². The molecular weight excluding hydrogens is 368 g/mol. The predicted octanol–water partition coefficient (Wildman–Crippen LogP) is 3.70. The highest BCUT2D eigenvalue weighted by Crippen LogP contribution is 2.19. The molecule has 0 bridgehead atoms. The topological polar surface area (TPSA) is 59.8 Å². The van der Waals surface area contributed by atoms with Gasteiger partial charge in [0.25, 0.3) is 0 Å². The van der Waals surface area contributed by atoms with Crippen molar-refractivity contribution in [2.24, 2.45) is 0 Å². The second kappa shape index (κ2) is 8.87. The van der Waals surface area contributed by atoms with E-state index < -0.39 is 0 Å². The summed E-state index contributed by atoms with van der Waals surface area (Å²) in [7, 11) is 0. The van der Waals surface area contributed by atoms with Gasteiger partial charge in [-0.2, -0.15) is 0 Å². The summed E-state index contributed by atoms with van der Waals surface area (Å²) in [5.74, 6) is 1.03. The van der Waals surface area contributed by atoms with Crippen LogP contribution in [-0.4, -0.2) is 26.4 Å². The fraction of sp³-hybridized carbons (Fsp3) is 0.211. The van der Waals surface area contributed by atoms with E-state index in [0.717, 1.165) is 16.5 Å². The molecule has 0 saturated carbocycles. The molecule has 134 valence electrons. The monoisotopic (exact) mass is 386 g/mol.